The molecule has 0 saturated carbocycles. The Morgan fingerprint density at radius 3 is 2.68 bits per heavy atom. The quantitative estimate of drug-likeness (QED) is 0.327. The average molecular weight is 440 g/mol. The molecule has 2 aromatic heterocycles. The minimum atomic E-state index is -0.837. The fraction of sp³-hybridized carbons (Fsp3) is 0.364. The topological polar surface area (TPSA) is 93.3 Å². The van der Waals surface area contributed by atoms with Gasteiger partial charge in [-0.25, -0.2) is 4.79 Å². The van der Waals surface area contributed by atoms with Crippen molar-refractivity contribution >= 4 is 23.7 Å². The van der Waals surface area contributed by atoms with E-state index in [0.717, 1.165) is 27.9 Å². The number of aryl methyl sites for hydroxylation is 1. The summed E-state index contributed by atoms with van der Waals surface area (Å²) in [7, 11) is 0. The van der Waals surface area contributed by atoms with Crippen LogP contribution in [0.1, 0.15) is 31.6 Å². The maximum Gasteiger partial charge on any atom is 0.325 e. The summed E-state index contributed by atoms with van der Waals surface area (Å²) in [5, 5.41) is 12.3. The Balaban J connectivity index is 1.47. The van der Waals surface area contributed by atoms with Gasteiger partial charge in [0.25, 0.3) is 5.91 Å². The predicted molar refractivity (Wildman–Crippen MR) is 118 cm³/mol. The molecule has 1 aliphatic heterocycles. The molecule has 0 spiro atoms. The van der Waals surface area contributed by atoms with Crippen molar-refractivity contribution in [2.75, 3.05) is 12.3 Å². The molecule has 0 unspecified atom stereocenters. The first kappa shape index (κ1) is 21.2. The molecule has 0 bridgehead atoms. The van der Waals surface area contributed by atoms with Crippen LogP contribution in [0.25, 0.3) is 11.4 Å². The number of carbonyl (C=O) groups is 2. The summed E-state index contributed by atoms with van der Waals surface area (Å²) < 4.78 is 7.58. The van der Waals surface area contributed by atoms with E-state index in [1.807, 2.05) is 41.8 Å². The highest BCUT2D eigenvalue weighted by Gasteiger charge is 2.43. The Morgan fingerprint density at radius 1 is 1.16 bits per heavy atom. The summed E-state index contributed by atoms with van der Waals surface area (Å²) >= 11 is 1.55. The second kappa shape index (κ2) is 8.58. The lowest BCUT2D eigenvalue weighted by atomic mass is 10.1. The molecule has 0 radical (unpaired) electrons. The summed E-state index contributed by atoms with van der Waals surface area (Å²) in [5.74, 6) is 2.10. The molecule has 31 heavy (non-hydrogen) atoms. The van der Waals surface area contributed by atoms with E-state index in [0.29, 0.717) is 25.3 Å². The number of nitrogens with one attached hydrogen (secondary N) is 1. The number of hydrogen-bond donors (Lipinski definition) is 1. The largest absolute Gasteiger partial charge is 0.467 e. The Bertz CT molecular complexity index is 1090. The maximum absolute atomic E-state index is 12.3. The third-order valence-electron chi connectivity index (χ3n) is 5.09. The van der Waals surface area contributed by atoms with E-state index in [1.165, 1.54) is 4.90 Å². The lowest BCUT2D eigenvalue weighted by Gasteiger charge is -2.15. The average Bonchev–Trinajstić information content (AvgIpc) is 3.41. The van der Waals surface area contributed by atoms with Crippen LogP contribution in [0.3, 0.4) is 0 Å². The van der Waals surface area contributed by atoms with Gasteiger partial charge < -0.3 is 9.73 Å². The minimum absolute atomic E-state index is 0.190. The molecular weight excluding hydrogens is 414 g/mol. The molecule has 3 heterocycles. The van der Waals surface area contributed by atoms with E-state index in [-0.39, 0.29) is 11.9 Å². The number of carbonyl (C=O) groups excluding carboxylic acids is 2. The normalized spacial score (nSPS) is 15.5. The van der Waals surface area contributed by atoms with Gasteiger partial charge in [-0.05, 0) is 45.4 Å². The minimum Gasteiger partial charge on any atom is -0.467 e. The third kappa shape index (κ3) is 4.51. The number of rotatable bonds is 8. The molecule has 1 saturated heterocycles. The molecule has 1 aliphatic rings. The zero-order valence-corrected chi connectivity index (χ0v) is 18.6. The summed E-state index contributed by atoms with van der Waals surface area (Å²) in [4.78, 5) is 25.6. The number of furan rings is 1. The molecule has 1 aromatic carbocycles. The molecule has 1 fully saturated rings. The van der Waals surface area contributed by atoms with Crippen LogP contribution in [-0.4, -0.2) is 49.4 Å². The van der Waals surface area contributed by atoms with Gasteiger partial charge in [-0.1, -0.05) is 35.5 Å². The standard InChI is InChI=1S/C22H25N5O3S/c1-15-7-4-8-16(13-15)18-24-25-21(27(18)14-17-9-5-11-30-17)31-12-6-10-26-19(28)22(2,3)23-20(26)29/h4-5,7-9,11,13H,6,10,12,14H2,1-3H3,(H,23,29). The van der Waals surface area contributed by atoms with E-state index in [1.54, 1.807) is 31.9 Å². The van der Waals surface area contributed by atoms with Crippen LogP contribution < -0.4 is 5.32 Å². The number of amides is 3. The fourth-order valence-corrected chi connectivity index (χ4v) is 4.36. The molecule has 3 aromatic rings. The lowest BCUT2D eigenvalue weighted by molar-refractivity contribution is -0.130. The molecule has 4 rings (SSSR count). The van der Waals surface area contributed by atoms with Crippen LogP contribution in [-0.2, 0) is 11.3 Å². The van der Waals surface area contributed by atoms with Gasteiger partial charge in [-0.15, -0.1) is 10.2 Å². The highest BCUT2D eigenvalue weighted by atomic mass is 32.2. The maximum atomic E-state index is 12.3. The first-order valence-electron chi connectivity index (χ1n) is 10.1. The number of aromatic nitrogens is 3. The molecule has 1 N–H and O–H groups in total. The third-order valence-corrected chi connectivity index (χ3v) is 6.14. The summed E-state index contributed by atoms with van der Waals surface area (Å²) in [5.41, 5.74) is 1.30. The Kier molecular flexibility index (Phi) is 5.86. The molecule has 0 atom stereocenters. The van der Waals surface area contributed by atoms with Crippen molar-refractivity contribution < 1.29 is 14.0 Å². The van der Waals surface area contributed by atoms with E-state index in [9.17, 15) is 9.59 Å². The first-order chi connectivity index (χ1) is 14.8. The van der Waals surface area contributed by atoms with Crippen LogP contribution in [0, 0.1) is 6.92 Å². The van der Waals surface area contributed by atoms with Crippen LogP contribution in [0.15, 0.2) is 52.2 Å². The van der Waals surface area contributed by atoms with E-state index >= 15 is 0 Å². The zero-order valence-electron chi connectivity index (χ0n) is 17.8. The number of hydrogen-bond acceptors (Lipinski definition) is 6. The van der Waals surface area contributed by atoms with Crippen molar-refractivity contribution in [1.29, 1.82) is 0 Å². The second-order valence-electron chi connectivity index (χ2n) is 8.06. The highest BCUT2D eigenvalue weighted by Crippen LogP contribution is 2.26. The number of nitrogens with zero attached hydrogens (tertiary/aromatic N) is 4. The van der Waals surface area contributed by atoms with Gasteiger partial charge in [-0.2, -0.15) is 0 Å². The van der Waals surface area contributed by atoms with Gasteiger partial charge >= 0.3 is 6.03 Å². The van der Waals surface area contributed by atoms with Gasteiger partial charge in [-0.3, -0.25) is 14.3 Å². The van der Waals surface area contributed by atoms with Crippen molar-refractivity contribution in [3.05, 3.63) is 54.0 Å². The van der Waals surface area contributed by atoms with Crippen LogP contribution in [0.4, 0.5) is 4.79 Å². The van der Waals surface area contributed by atoms with Crippen LogP contribution in [0.5, 0.6) is 0 Å². The van der Waals surface area contributed by atoms with Crippen molar-refractivity contribution in [1.82, 2.24) is 25.0 Å². The summed E-state index contributed by atoms with van der Waals surface area (Å²) in [6.45, 7) is 6.37. The van der Waals surface area contributed by atoms with Crippen LogP contribution >= 0.6 is 11.8 Å². The molecular formula is C22H25N5O3S. The zero-order chi connectivity index (χ0) is 22.0. The van der Waals surface area contributed by atoms with Gasteiger partial charge in [0.1, 0.15) is 11.3 Å². The SMILES string of the molecule is Cc1cccc(-c2nnc(SCCCN3C(=O)NC(C)(C)C3=O)n2Cc2ccco2)c1. The summed E-state index contributed by atoms with van der Waals surface area (Å²) in [6, 6.07) is 11.6. The molecule has 3 amide bonds. The summed E-state index contributed by atoms with van der Waals surface area (Å²) in [6.07, 6.45) is 2.31. The highest BCUT2D eigenvalue weighted by molar-refractivity contribution is 7.99. The predicted octanol–water partition coefficient (Wildman–Crippen LogP) is 3.71. The van der Waals surface area contributed by atoms with E-state index in [2.05, 4.69) is 21.6 Å². The smallest absolute Gasteiger partial charge is 0.325 e. The van der Waals surface area contributed by atoms with Crippen molar-refractivity contribution in [2.45, 2.75) is 44.4 Å². The molecule has 0 aliphatic carbocycles. The molecule has 8 nitrogen and oxygen atoms in total. The van der Waals surface area contributed by atoms with Gasteiger partial charge in [0, 0.05) is 17.9 Å². The van der Waals surface area contributed by atoms with Gasteiger partial charge in [0.15, 0.2) is 11.0 Å². The number of thioether (sulfide) groups is 1. The number of urea groups is 1. The lowest BCUT2D eigenvalue weighted by Crippen LogP contribution is -2.40. The number of imide groups is 1. The molecule has 162 valence electrons. The first-order valence-corrected chi connectivity index (χ1v) is 11.1. The monoisotopic (exact) mass is 439 g/mol. The Morgan fingerprint density at radius 2 is 2.00 bits per heavy atom. The fourth-order valence-electron chi connectivity index (χ4n) is 3.50. The van der Waals surface area contributed by atoms with Crippen molar-refractivity contribution in [3.63, 3.8) is 0 Å². The van der Waals surface area contributed by atoms with E-state index in [4.69, 9.17) is 4.42 Å². The van der Waals surface area contributed by atoms with Crippen molar-refractivity contribution in [2.24, 2.45) is 0 Å². The van der Waals surface area contributed by atoms with E-state index < -0.39 is 5.54 Å². The second-order valence-corrected chi connectivity index (χ2v) is 9.12. The van der Waals surface area contributed by atoms with Crippen molar-refractivity contribution in [3.8, 4) is 11.4 Å². The molecule has 9 heteroatoms. The van der Waals surface area contributed by atoms with Crippen LogP contribution in [0.2, 0.25) is 0 Å². The van der Waals surface area contributed by atoms with Gasteiger partial charge in [0.05, 0.1) is 12.8 Å². The Hall–Kier alpha value is -3.07. The number of benzene rings is 1. The Labute approximate surface area is 185 Å². The van der Waals surface area contributed by atoms with Gasteiger partial charge in [0.2, 0.25) is 0 Å².